The molecule has 1 aromatic heterocycles. The third-order valence-electron chi connectivity index (χ3n) is 3.62. The van der Waals surface area contributed by atoms with E-state index < -0.39 is 0 Å². The molecule has 0 fully saturated rings. The van der Waals surface area contributed by atoms with Crippen LogP contribution in [0, 0.1) is 0 Å². The van der Waals surface area contributed by atoms with Crippen LogP contribution in [0.25, 0.3) is 0 Å². The summed E-state index contributed by atoms with van der Waals surface area (Å²) in [7, 11) is 0. The van der Waals surface area contributed by atoms with Gasteiger partial charge < -0.3 is 10.2 Å². The predicted molar refractivity (Wildman–Crippen MR) is 83.7 cm³/mol. The molecule has 2 aromatic rings. The summed E-state index contributed by atoms with van der Waals surface area (Å²) >= 11 is 1.37. The lowest BCUT2D eigenvalue weighted by molar-refractivity contribution is -0.118. The molecular formula is C16H16N2O2S. The molecule has 3 rings (SSSR count). The van der Waals surface area contributed by atoms with Crippen molar-refractivity contribution in [3.63, 3.8) is 0 Å². The predicted octanol–water partition coefficient (Wildman–Crippen LogP) is 2.46. The fraction of sp³-hybridized carbons (Fsp3) is 0.250. The number of carbonyl (C=O) groups excluding carboxylic acids is 2. The maximum Gasteiger partial charge on any atom is 0.261 e. The Morgan fingerprint density at radius 3 is 2.86 bits per heavy atom. The van der Waals surface area contributed by atoms with E-state index in [1.807, 2.05) is 42.6 Å². The van der Waals surface area contributed by atoms with E-state index in [2.05, 4.69) is 5.32 Å². The molecule has 1 aliphatic heterocycles. The monoisotopic (exact) mass is 300 g/mol. The number of thiophene rings is 1. The standard InChI is InChI=1S/C16H16N2O2S/c1-11-9-12-5-2-3-6-13(12)18(11)15(19)10-17-16(20)14-7-4-8-21-14/h2-8,11H,9-10H2,1H3,(H,17,20). The van der Waals surface area contributed by atoms with Crippen molar-refractivity contribution < 1.29 is 9.59 Å². The number of carbonyl (C=O) groups is 2. The Bertz CT molecular complexity index is 667. The van der Waals surface area contributed by atoms with Gasteiger partial charge in [-0.2, -0.15) is 0 Å². The van der Waals surface area contributed by atoms with Gasteiger partial charge in [0, 0.05) is 11.7 Å². The Morgan fingerprint density at radius 1 is 1.29 bits per heavy atom. The maximum absolute atomic E-state index is 12.4. The molecule has 1 N–H and O–H groups in total. The zero-order valence-corrected chi connectivity index (χ0v) is 12.5. The van der Waals surface area contributed by atoms with Gasteiger partial charge in [-0.05, 0) is 36.4 Å². The summed E-state index contributed by atoms with van der Waals surface area (Å²) in [6, 6.07) is 11.6. The number of rotatable bonds is 3. The van der Waals surface area contributed by atoms with Crippen molar-refractivity contribution in [3.8, 4) is 0 Å². The van der Waals surface area contributed by atoms with Gasteiger partial charge in [0.05, 0.1) is 11.4 Å². The largest absolute Gasteiger partial charge is 0.342 e. The van der Waals surface area contributed by atoms with Crippen LogP contribution in [0.4, 0.5) is 5.69 Å². The van der Waals surface area contributed by atoms with Gasteiger partial charge in [0.25, 0.3) is 5.91 Å². The first-order valence-corrected chi connectivity index (χ1v) is 7.76. The van der Waals surface area contributed by atoms with Crippen LogP contribution < -0.4 is 10.2 Å². The summed E-state index contributed by atoms with van der Waals surface area (Å²) in [6.45, 7) is 2.05. The molecule has 108 valence electrons. The van der Waals surface area contributed by atoms with Crippen LogP contribution in [0.1, 0.15) is 22.2 Å². The number of amides is 2. The second kappa shape index (κ2) is 5.69. The maximum atomic E-state index is 12.4. The number of para-hydroxylation sites is 1. The van der Waals surface area contributed by atoms with Crippen LogP contribution in [-0.4, -0.2) is 24.4 Å². The van der Waals surface area contributed by atoms with Crippen LogP contribution in [0.5, 0.6) is 0 Å². The van der Waals surface area contributed by atoms with Gasteiger partial charge in [0.1, 0.15) is 0 Å². The number of nitrogens with one attached hydrogen (secondary N) is 1. The van der Waals surface area contributed by atoms with Crippen LogP contribution >= 0.6 is 11.3 Å². The first-order chi connectivity index (χ1) is 10.2. The summed E-state index contributed by atoms with van der Waals surface area (Å²) in [5.41, 5.74) is 2.14. The van der Waals surface area contributed by atoms with Crippen molar-refractivity contribution in [3.05, 3.63) is 52.2 Å². The van der Waals surface area contributed by atoms with Crippen molar-refractivity contribution in [2.75, 3.05) is 11.4 Å². The lowest BCUT2D eigenvalue weighted by Gasteiger charge is -2.22. The van der Waals surface area contributed by atoms with E-state index in [9.17, 15) is 9.59 Å². The molecule has 1 unspecified atom stereocenters. The zero-order chi connectivity index (χ0) is 14.8. The fourth-order valence-electron chi connectivity index (χ4n) is 2.68. The molecule has 0 radical (unpaired) electrons. The second-order valence-corrected chi connectivity index (χ2v) is 6.05. The minimum atomic E-state index is -0.196. The molecule has 0 aliphatic carbocycles. The average Bonchev–Trinajstić information content (AvgIpc) is 3.10. The summed E-state index contributed by atoms with van der Waals surface area (Å²) in [5, 5.41) is 4.54. The minimum absolute atomic E-state index is 0.0232. The molecule has 1 atom stereocenters. The van der Waals surface area contributed by atoms with E-state index in [0.717, 1.165) is 12.1 Å². The minimum Gasteiger partial charge on any atom is -0.342 e. The van der Waals surface area contributed by atoms with Gasteiger partial charge in [-0.25, -0.2) is 0 Å². The van der Waals surface area contributed by atoms with Crippen molar-refractivity contribution in [2.45, 2.75) is 19.4 Å². The highest BCUT2D eigenvalue weighted by atomic mass is 32.1. The third kappa shape index (κ3) is 2.69. The summed E-state index contributed by atoms with van der Waals surface area (Å²) in [6.07, 6.45) is 0.862. The topological polar surface area (TPSA) is 49.4 Å². The number of anilines is 1. The van der Waals surface area contributed by atoms with Gasteiger partial charge in [-0.1, -0.05) is 24.3 Å². The van der Waals surface area contributed by atoms with E-state index in [0.29, 0.717) is 4.88 Å². The SMILES string of the molecule is CC1Cc2ccccc2N1C(=O)CNC(=O)c1cccs1. The van der Waals surface area contributed by atoms with Crippen LogP contribution in [0.15, 0.2) is 41.8 Å². The quantitative estimate of drug-likeness (QED) is 0.946. The molecule has 5 heteroatoms. The van der Waals surface area contributed by atoms with E-state index in [1.165, 1.54) is 16.9 Å². The molecule has 4 nitrogen and oxygen atoms in total. The number of hydrogen-bond acceptors (Lipinski definition) is 3. The highest BCUT2D eigenvalue weighted by Crippen LogP contribution is 2.31. The van der Waals surface area contributed by atoms with Crippen LogP contribution in [0.3, 0.4) is 0 Å². The summed E-state index contributed by atoms with van der Waals surface area (Å²) < 4.78 is 0. The molecule has 0 bridgehead atoms. The molecule has 21 heavy (non-hydrogen) atoms. The fourth-order valence-corrected chi connectivity index (χ4v) is 3.32. The Morgan fingerprint density at radius 2 is 2.10 bits per heavy atom. The number of nitrogens with zero attached hydrogens (tertiary/aromatic N) is 1. The van der Waals surface area contributed by atoms with Crippen molar-refractivity contribution in [1.29, 1.82) is 0 Å². The molecule has 2 heterocycles. The first-order valence-electron chi connectivity index (χ1n) is 6.88. The summed E-state index contributed by atoms with van der Waals surface area (Å²) in [5.74, 6) is -0.268. The van der Waals surface area contributed by atoms with E-state index >= 15 is 0 Å². The second-order valence-electron chi connectivity index (χ2n) is 5.11. The Kier molecular flexibility index (Phi) is 3.75. The van der Waals surface area contributed by atoms with Crippen LogP contribution in [-0.2, 0) is 11.2 Å². The van der Waals surface area contributed by atoms with E-state index in [1.54, 1.807) is 11.0 Å². The van der Waals surface area contributed by atoms with Crippen LogP contribution in [0.2, 0.25) is 0 Å². The number of benzene rings is 1. The highest BCUT2D eigenvalue weighted by molar-refractivity contribution is 7.12. The number of fused-ring (bicyclic) bond motifs is 1. The zero-order valence-electron chi connectivity index (χ0n) is 11.7. The Balaban J connectivity index is 1.67. The molecule has 2 amide bonds. The molecule has 1 aromatic carbocycles. The lowest BCUT2D eigenvalue weighted by Crippen LogP contribution is -2.42. The van der Waals surface area contributed by atoms with Crippen molar-refractivity contribution in [2.24, 2.45) is 0 Å². The van der Waals surface area contributed by atoms with Crippen molar-refractivity contribution in [1.82, 2.24) is 5.32 Å². The normalized spacial score (nSPS) is 16.6. The van der Waals surface area contributed by atoms with Gasteiger partial charge in [0.15, 0.2) is 0 Å². The molecule has 0 saturated carbocycles. The van der Waals surface area contributed by atoms with E-state index in [4.69, 9.17) is 0 Å². The van der Waals surface area contributed by atoms with Crippen molar-refractivity contribution >= 4 is 28.8 Å². The first kappa shape index (κ1) is 13.8. The summed E-state index contributed by atoms with van der Waals surface area (Å²) in [4.78, 5) is 26.7. The lowest BCUT2D eigenvalue weighted by atomic mass is 10.1. The average molecular weight is 300 g/mol. The smallest absolute Gasteiger partial charge is 0.261 e. The molecule has 0 saturated heterocycles. The molecule has 1 aliphatic rings. The Labute approximate surface area is 127 Å². The molecule has 0 spiro atoms. The van der Waals surface area contributed by atoms with Gasteiger partial charge in [0.2, 0.25) is 5.91 Å². The van der Waals surface area contributed by atoms with Gasteiger partial charge >= 0.3 is 0 Å². The van der Waals surface area contributed by atoms with E-state index in [-0.39, 0.29) is 24.4 Å². The third-order valence-corrected chi connectivity index (χ3v) is 4.49. The number of hydrogen-bond donors (Lipinski definition) is 1. The van der Waals surface area contributed by atoms with Gasteiger partial charge in [-0.3, -0.25) is 9.59 Å². The molecular weight excluding hydrogens is 284 g/mol. The highest BCUT2D eigenvalue weighted by Gasteiger charge is 2.30. The van der Waals surface area contributed by atoms with Gasteiger partial charge in [-0.15, -0.1) is 11.3 Å². The Hall–Kier alpha value is -2.14.